The Kier molecular flexibility index (Phi) is 6.14. The lowest BCUT2D eigenvalue weighted by Gasteiger charge is -2.12. The van der Waals surface area contributed by atoms with Gasteiger partial charge in [0.2, 0.25) is 5.91 Å². The molecule has 0 atom stereocenters. The molecule has 0 bridgehead atoms. The number of halogens is 4. The van der Waals surface area contributed by atoms with Gasteiger partial charge in [0.25, 0.3) is 0 Å². The van der Waals surface area contributed by atoms with Crippen LogP contribution in [0.1, 0.15) is 21.5 Å². The highest BCUT2D eigenvalue weighted by atomic mass is 32.1. The molecule has 0 unspecified atom stereocenters. The van der Waals surface area contributed by atoms with Crippen molar-refractivity contribution >= 4 is 28.9 Å². The minimum atomic E-state index is -4.52. The van der Waals surface area contributed by atoms with E-state index in [1.165, 1.54) is 12.1 Å². The summed E-state index contributed by atoms with van der Waals surface area (Å²) < 4.78 is 51.7. The van der Waals surface area contributed by atoms with Crippen molar-refractivity contribution in [2.24, 2.45) is 5.73 Å². The SMILES string of the molecule is NC(=O)c1ccc(NC(=S)NCCc2cc(C(F)(F)F)ccc2F)cc1. The Balaban J connectivity index is 1.89. The molecule has 2 rings (SSSR count). The van der Waals surface area contributed by atoms with Gasteiger partial charge in [-0.2, -0.15) is 13.2 Å². The standard InChI is InChI=1S/C17H15F4N3OS/c18-14-6-3-12(17(19,20)21)9-11(14)7-8-23-16(26)24-13-4-1-10(2-5-13)15(22)25/h1-6,9H,7-8H2,(H2,22,25)(H2,23,24,26). The normalized spacial score (nSPS) is 11.1. The Bertz CT molecular complexity index is 807. The van der Waals surface area contributed by atoms with Crippen molar-refractivity contribution < 1.29 is 22.4 Å². The van der Waals surface area contributed by atoms with Gasteiger partial charge in [-0.05, 0) is 66.7 Å². The van der Waals surface area contributed by atoms with Crippen LogP contribution in [0.4, 0.5) is 23.2 Å². The first-order valence-electron chi connectivity index (χ1n) is 7.47. The van der Waals surface area contributed by atoms with Crippen LogP contribution in [-0.2, 0) is 12.6 Å². The third kappa shape index (κ3) is 5.41. The molecule has 0 saturated carbocycles. The first-order valence-corrected chi connectivity index (χ1v) is 7.88. The number of thiocarbonyl (C=S) groups is 1. The van der Waals surface area contributed by atoms with Gasteiger partial charge in [0.05, 0.1) is 5.56 Å². The lowest BCUT2D eigenvalue weighted by Crippen LogP contribution is -2.30. The van der Waals surface area contributed by atoms with E-state index in [9.17, 15) is 22.4 Å². The molecule has 0 radical (unpaired) electrons. The van der Waals surface area contributed by atoms with Crippen LogP contribution < -0.4 is 16.4 Å². The molecular formula is C17H15F4N3OS. The number of benzene rings is 2. The molecule has 138 valence electrons. The minimum absolute atomic E-state index is 0.0260. The van der Waals surface area contributed by atoms with Crippen LogP contribution in [0.2, 0.25) is 0 Å². The summed E-state index contributed by atoms with van der Waals surface area (Å²) in [6.07, 6.45) is -4.50. The molecule has 2 aromatic carbocycles. The smallest absolute Gasteiger partial charge is 0.366 e. The van der Waals surface area contributed by atoms with Crippen molar-refractivity contribution in [2.75, 3.05) is 11.9 Å². The van der Waals surface area contributed by atoms with E-state index in [1.807, 2.05) is 0 Å². The van der Waals surface area contributed by atoms with E-state index < -0.39 is 23.5 Å². The molecule has 0 heterocycles. The molecule has 9 heteroatoms. The number of primary amides is 1. The van der Waals surface area contributed by atoms with E-state index in [0.717, 1.165) is 12.1 Å². The number of anilines is 1. The number of nitrogens with two attached hydrogens (primary N) is 1. The molecule has 0 saturated heterocycles. The summed E-state index contributed by atoms with van der Waals surface area (Å²) >= 11 is 5.07. The monoisotopic (exact) mass is 385 g/mol. The maximum atomic E-state index is 13.7. The van der Waals surface area contributed by atoms with E-state index in [2.05, 4.69) is 10.6 Å². The van der Waals surface area contributed by atoms with Gasteiger partial charge in [-0.3, -0.25) is 4.79 Å². The highest BCUT2D eigenvalue weighted by Gasteiger charge is 2.30. The fourth-order valence-corrected chi connectivity index (χ4v) is 2.37. The number of carbonyl (C=O) groups is 1. The first-order chi connectivity index (χ1) is 12.2. The Morgan fingerprint density at radius 3 is 2.35 bits per heavy atom. The molecule has 0 aliphatic heterocycles. The molecular weight excluding hydrogens is 370 g/mol. The largest absolute Gasteiger partial charge is 0.416 e. The maximum Gasteiger partial charge on any atom is 0.416 e. The van der Waals surface area contributed by atoms with Crippen LogP contribution in [0, 0.1) is 5.82 Å². The molecule has 0 aromatic heterocycles. The van der Waals surface area contributed by atoms with Crippen LogP contribution in [0.15, 0.2) is 42.5 Å². The molecule has 0 aliphatic rings. The Labute approximate surface area is 152 Å². The van der Waals surface area contributed by atoms with Crippen LogP contribution in [0.25, 0.3) is 0 Å². The second-order valence-corrected chi connectivity index (χ2v) is 5.78. The summed E-state index contributed by atoms with van der Waals surface area (Å²) in [6.45, 7) is 0.142. The summed E-state index contributed by atoms with van der Waals surface area (Å²) in [5.74, 6) is -1.26. The van der Waals surface area contributed by atoms with Gasteiger partial charge in [-0.1, -0.05) is 0 Å². The summed E-state index contributed by atoms with van der Waals surface area (Å²) in [6, 6.07) is 8.52. The molecule has 26 heavy (non-hydrogen) atoms. The van der Waals surface area contributed by atoms with Gasteiger partial charge in [-0.25, -0.2) is 4.39 Å². The molecule has 4 nitrogen and oxygen atoms in total. The Morgan fingerprint density at radius 1 is 1.12 bits per heavy atom. The van der Waals surface area contributed by atoms with E-state index in [4.69, 9.17) is 18.0 Å². The summed E-state index contributed by atoms with van der Waals surface area (Å²) in [7, 11) is 0. The van der Waals surface area contributed by atoms with Gasteiger partial charge < -0.3 is 16.4 Å². The maximum absolute atomic E-state index is 13.7. The van der Waals surface area contributed by atoms with Crippen molar-refractivity contribution in [3.63, 3.8) is 0 Å². The van der Waals surface area contributed by atoms with E-state index in [1.54, 1.807) is 12.1 Å². The average Bonchev–Trinajstić information content (AvgIpc) is 2.56. The summed E-state index contributed by atoms with van der Waals surface area (Å²) in [5.41, 5.74) is 5.12. The molecule has 2 aromatic rings. The van der Waals surface area contributed by atoms with Gasteiger partial charge in [0.1, 0.15) is 5.82 Å². The van der Waals surface area contributed by atoms with Crippen molar-refractivity contribution in [2.45, 2.75) is 12.6 Å². The zero-order chi connectivity index (χ0) is 19.3. The molecule has 4 N–H and O–H groups in total. The summed E-state index contributed by atoms with van der Waals surface area (Å²) in [5, 5.41) is 5.83. The third-order valence-electron chi connectivity index (χ3n) is 3.48. The second-order valence-electron chi connectivity index (χ2n) is 5.38. The summed E-state index contributed by atoms with van der Waals surface area (Å²) in [4.78, 5) is 11.0. The predicted molar refractivity (Wildman–Crippen MR) is 94.3 cm³/mol. The van der Waals surface area contributed by atoms with E-state index >= 15 is 0 Å². The molecule has 1 amide bonds. The van der Waals surface area contributed by atoms with Crippen molar-refractivity contribution in [1.29, 1.82) is 0 Å². The third-order valence-corrected chi connectivity index (χ3v) is 3.73. The van der Waals surface area contributed by atoms with Crippen LogP contribution >= 0.6 is 12.2 Å². The number of amides is 1. The van der Waals surface area contributed by atoms with Crippen LogP contribution in [0.3, 0.4) is 0 Å². The highest BCUT2D eigenvalue weighted by Crippen LogP contribution is 2.30. The number of alkyl halides is 3. The van der Waals surface area contributed by atoms with Crippen molar-refractivity contribution in [3.8, 4) is 0 Å². The fraction of sp³-hybridized carbons (Fsp3) is 0.176. The van der Waals surface area contributed by atoms with Crippen molar-refractivity contribution in [1.82, 2.24) is 5.32 Å². The number of rotatable bonds is 5. The lowest BCUT2D eigenvalue weighted by molar-refractivity contribution is -0.137. The topological polar surface area (TPSA) is 67.2 Å². The lowest BCUT2D eigenvalue weighted by atomic mass is 10.1. The van der Waals surface area contributed by atoms with Crippen LogP contribution in [0.5, 0.6) is 0 Å². The molecule has 0 spiro atoms. The second kappa shape index (κ2) is 8.13. The molecule has 0 aliphatic carbocycles. The van der Waals surface area contributed by atoms with E-state index in [-0.39, 0.29) is 23.6 Å². The number of hydrogen-bond donors (Lipinski definition) is 3. The zero-order valence-electron chi connectivity index (χ0n) is 13.4. The van der Waals surface area contributed by atoms with E-state index in [0.29, 0.717) is 17.3 Å². The number of hydrogen-bond acceptors (Lipinski definition) is 2. The first kappa shape index (κ1) is 19.6. The predicted octanol–water partition coefficient (Wildman–Crippen LogP) is 3.47. The Hall–Kier alpha value is -2.68. The van der Waals surface area contributed by atoms with Gasteiger partial charge >= 0.3 is 6.18 Å². The fourth-order valence-electron chi connectivity index (χ4n) is 2.15. The number of nitrogens with one attached hydrogen (secondary N) is 2. The Morgan fingerprint density at radius 2 is 1.77 bits per heavy atom. The number of carbonyl (C=O) groups excluding carboxylic acids is 1. The van der Waals surface area contributed by atoms with Gasteiger partial charge in [0, 0.05) is 17.8 Å². The van der Waals surface area contributed by atoms with Crippen molar-refractivity contribution in [3.05, 3.63) is 65.0 Å². The average molecular weight is 385 g/mol. The highest BCUT2D eigenvalue weighted by molar-refractivity contribution is 7.80. The zero-order valence-corrected chi connectivity index (χ0v) is 14.2. The van der Waals surface area contributed by atoms with Crippen LogP contribution in [-0.4, -0.2) is 17.6 Å². The minimum Gasteiger partial charge on any atom is -0.366 e. The van der Waals surface area contributed by atoms with Gasteiger partial charge in [-0.15, -0.1) is 0 Å². The molecule has 0 fully saturated rings. The quantitative estimate of drug-likeness (QED) is 0.545. The van der Waals surface area contributed by atoms with Gasteiger partial charge in [0.15, 0.2) is 5.11 Å².